The summed E-state index contributed by atoms with van der Waals surface area (Å²) in [5.41, 5.74) is 8.60. The molecular formula is C36H54N4O12S2. The van der Waals surface area contributed by atoms with E-state index in [0.717, 1.165) is 64.9 Å². The SMILES string of the molecule is CC(=O)O.CC(=O)O.CS(=O)(=O)Nc1cc([C@@H](O)C(CCCCc2ccc(CCCCN)cc2)NC[C@H](O)c2ccc(O)c(NS(C)(=O)=O)c2)ccc1O. The van der Waals surface area contributed by atoms with Crippen molar-refractivity contribution in [2.75, 3.05) is 35.0 Å². The smallest absolute Gasteiger partial charge is 0.300 e. The number of rotatable bonds is 19. The number of nitrogens with two attached hydrogens (primary N) is 1. The molecule has 3 atom stereocenters. The number of benzene rings is 3. The van der Waals surface area contributed by atoms with Gasteiger partial charge in [0, 0.05) is 26.4 Å². The van der Waals surface area contributed by atoms with Gasteiger partial charge in [-0.3, -0.25) is 19.0 Å². The number of hydrogen-bond acceptors (Lipinski definition) is 12. The molecule has 0 saturated heterocycles. The van der Waals surface area contributed by atoms with E-state index < -0.39 is 50.2 Å². The van der Waals surface area contributed by atoms with Crippen LogP contribution in [0.25, 0.3) is 0 Å². The Bertz CT molecular complexity index is 1820. The van der Waals surface area contributed by atoms with Crippen molar-refractivity contribution in [1.29, 1.82) is 0 Å². The lowest BCUT2D eigenvalue weighted by molar-refractivity contribution is -0.135. The number of anilines is 2. The Morgan fingerprint density at radius 1 is 0.685 bits per heavy atom. The van der Waals surface area contributed by atoms with Crippen LogP contribution in [0.4, 0.5) is 11.4 Å². The van der Waals surface area contributed by atoms with Crippen LogP contribution in [0.1, 0.15) is 80.4 Å². The third kappa shape index (κ3) is 20.7. The van der Waals surface area contributed by atoms with Crippen LogP contribution < -0.4 is 20.5 Å². The summed E-state index contributed by atoms with van der Waals surface area (Å²) in [6.45, 7) is 2.83. The number of phenols is 2. The highest BCUT2D eigenvalue weighted by molar-refractivity contribution is 7.92. The van der Waals surface area contributed by atoms with Gasteiger partial charge in [-0.15, -0.1) is 0 Å². The molecular weight excluding hydrogens is 745 g/mol. The summed E-state index contributed by atoms with van der Waals surface area (Å²) < 4.78 is 51.4. The average molecular weight is 799 g/mol. The van der Waals surface area contributed by atoms with Crippen LogP contribution >= 0.6 is 0 Å². The van der Waals surface area contributed by atoms with E-state index in [1.165, 1.54) is 47.5 Å². The van der Waals surface area contributed by atoms with Crippen LogP contribution in [0.2, 0.25) is 0 Å². The van der Waals surface area contributed by atoms with Crippen molar-refractivity contribution >= 4 is 43.4 Å². The molecule has 16 nitrogen and oxygen atoms in total. The molecule has 0 aromatic heterocycles. The maximum absolute atomic E-state index is 11.8. The maximum atomic E-state index is 11.8. The Labute approximate surface area is 317 Å². The number of aryl methyl sites for hydroxylation is 2. The first-order chi connectivity index (χ1) is 25.1. The molecule has 3 aromatic rings. The third-order valence-corrected chi connectivity index (χ3v) is 8.67. The molecule has 3 rings (SSSR count). The van der Waals surface area contributed by atoms with E-state index >= 15 is 0 Å². The summed E-state index contributed by atoms with van der Waals surface area (Å²) in [5, 5.41) is 60.6. The summed E-state index contributed by atoms with van der Waals surface area (Å²) >= 11 is 0. The van der Waals surface area contributed by atoms with Gasteiger partial charge in [-0.1, -0.05) is 42.8 Å². The highest BCUT2D eigenvalue weighted by Crippen LogP contribution is 2.31. The lowest BCUT2D eigenvalue weighted by Crippen LogP contribution is -2.37. The number of carboxylic acid groups (broad SMARTS) is 2. The third-order valence-electron chi connectivity index (χ3n) is 7.49. The van der Waals surface area contributed by atoms with Gasteiger partial charge in [0.05, 0.1) is 36.1 Å². The van der Waals surface area contributed by atoms with Gasteiger partial charge in [0.15, 0.2) is 0 Å². The second-order valence-electron chi connectivity index (χ2n) is 12.6. The summed E-state index contributed by atoms with van der Waals surface area (Å²) in [7, 11) is -7.36. The number of phenolic OH excluding ortho intramolecular Hbond substituents is 2. The maximum Gasteiger partial charge on any atom is 0.300 e. The van der Waals surface area contributed by atoms with Crippen LogP contribution in [0.5, 0.6) is 11.5 Å². The Hall–Kier alpha value is -4.46. The van der Waals surface area contributed by atoms with Crippen LogP contribution in [0.3, 0.4) is 0 Å². The van der Waals surface area contributed by atoms with Crippen LogP contribution in [0.15, 0.2) is 60.7 Å². The minimum absolute atomic E-state index is 0.0248. The fraction of sp³-hybridized carbons (Fsp3) is 0.444. The molecule has 0 aliphatic carbocycles. The fourth-order valence-electron chi connectivity index (χ4n) is 5.09. The van der Waals surface area contributed by atoms with Crippen LogP contribution in [-0.4, -0.2) is 91.1 Å². The standard InChI is InChI=1S/C32H46N4O8S2.2C2H4O2/c1-45(41,42)35-27-19-24(14-16-29(27)37)31(39)21-34-26(32(40)25-15-17-30(38)28(20-25)36-46(2,43)44)9-4-3-7-22-10-12-23(13-11-22)8-5-6-18-33;2*1-2(3)4/h10-17,19-20,26,31-32,34-40H,3-9,18,21,33H2,1-2H3;2*1H3,(H,3,4)/t26?,31-,32+;;/m0../s1. The van der Waals surface area contributed by atoms with E-state index in [-0.39, 0.29) is 29.4 Å². The molecule has 0 fully saturated rings. The van der Waals surface area contributed by atoms with Gasteiger partial charge < -0.3 is 41.7 Å². The molecule has 11 N–H and O–H groups in total. The molecule has 0 bridgehead atoms. The van der Waals surface area contributed by atoms with Crippen molar-refractivity contribution in [3.8, 4) is 11.5 Å². The Balaban J connectivity index is 0.00000165. The molecule has 302 valence electrons. The van der Waals surface area contributed by atoms with Gasteiger partial charge in [-0.05, 0) is 91.6 Å². The van der Waals surface area contributed by atoms with E-state index in [4.69, 9.17) is 25.5 Å². The average Bonchev–Trinajstić information content (AvgIpc) is 3.05. The second-order valence-corrected chi connectivity index (χ2v) is 16.1. The van der Waals surface area contributed by atoms with Gasteiger partial charge in [-0.2, -0.15) is 0 Å². The van der Waals surface area contributed by atoms with Crippen molar-refractivity contribution in [3.63, 3.8) is 0 Å². The Morgan fingerprint density at radius 2 is 1.09 bits per heavy atom. The number of aliphatic hydroxyl groups excluding tert-OH is 2. The first-order valence-electron chi connectivity index (χ1n) is 17.0. The molecule has 18 heteroatoms. The van der Waals surface area contributed by atoms with E-state index in [1.807, 2.05) is 0 Å². The summed E-state index contributed by atoms with van der Waals surface area (Å²) in [4.78, 5) is 18.0. The molecule has 0 spiro atoms. The Kier molecular flexibility index (Phi) is 20.6. The van der Waals surface area contributed by atoms with Gasteiger partial charge in [0.1, 0.15) is 11.5 Å². The minimum atomic E-state index is -3.69. The molecule has 54 heavy (non-hydrogen) atoms. The topological polar surface area (TPSA) is 286 Å². The molecule has 0 radical (unpaired) electrons. The summed E-state index contributed by atoms with van der Waals surface area (Å²) in [6, 6.07) is 16.2. The van der Waals surface area contributed by atoms with E-state index in [1.54, 1.807) is 0 Å². The molecule has 1 unspecified atom stereocenters. The minimum Gasteiger partial charge on any atom is -0.506 e. The summed E-state index contributed by atoms with van der Waals surface area (Å²) in [6.07, 6.45) is 5.56. The fourth-order valence-corrected chi connectivity index (χ4v) is 6.21. The Morgan fingerprint density at radius 3 is 1.52 bits per heavy atom. The second kappa shape index (κ2) is 23.4. The number of carboxylic acids is 2. The van der Waals surface area contributed by atoms with Crippen molar-refractivity contribution in [3.05, 3.63) is 82.9 Å². The van der Waals surface area contributed by atoms with Crippen molar-refractivity contribution in [2.24, 2.45) is 5.73 Å². The highest BCUT2D eigenvalue weighted by atomic mass is 32.2. The number of aromatic hydroxyl groups is 2. The van der Waals surface area contributed by atoms with Gasteiger partial charge >= 0.3 is 0 Å². The zero-order valence-electron chi connectivity index (χ0n) is 30.9. The zero-order chi connectivity index (χ0) is 41.1. The first kappa shape index (κ1) is 47.6. The summed E-state index contributed by atoms with van der Waals surface area (Å²) in [5.74, 6) is -2.26. The van der Waals surface area contributed by atoms with Crippen molar-refractivity contribution < 1.29 is 57.1 Å². The molecule has 0 saturated carbocycles. The number of aliphatic carboxylic acids is 2. The van der Waals surface area contributed by atoms with Crippen LogP contribution in [-0.2, 0) is 42.5 Å². The van der Waals surface area contributed by atoms with Crippen molar-refractivity contribution in [2.45, 2.75) is 77.0 Å². The van der Waals surface area contributed by atoms with Gasteiger partial charge in [0.2, 0.25) is 20.0 Å². The number of nitrogens with one attached hydrogen (secondary N) is 3. The van der Waals surface area contributed by atoms with Crippen molar-refractivity contribution in [1.82, 2.24) is 5.32 Å². The molecule has 3 aromatic carbocycles. The molecule has 0 amide bonds. The lowest BCUT2D eigenvalue weighted by Gasteiger charge is -2.27. The predicted molar refractivity (Wildman–Crippen MR) is 207 cm³/mol. The quantitative estimate of drug-likeness (QED) is 0.0615. The number of hydrogen-bond donors (Lipinski definition) is 10. The lowest BCUT2D eigenvalue weighted by atomic mass is 9.95. The normalized spacial score (nSPS) is 12.9. The van der Waals surface area contributed by atoms with Gasteiger partial charge in [0.25, 0.3) is 11.9 Å². The van der Waals surface area contributed by atoms with E-state index in [9.17, 15) is 37.3 Å². The van der Waals surface area contributed by atoms with E-state index in [2.05, 4.69) is 39.0 Å². The number of carbonyl (C=O) groups is 2. The monoisotopic (exact) mass is 798 g/mol. The molecule has 0 aliphatic heterocycles. The first-order valence-corrected chi connectivity index (χ1v) is 20.8. The number of sulfonamides is 2. The van der Waals surface area contributed by atoms with Crippen LogP contribution in [0, 0.1) is 0 Å². The molecule has 0 aliphatic rings. The van der Waals surface area contributed by atoms with Gasteiger partial charge in [-0.25, -0.2) is 16.8 Å². The molecule has 0 heterocycles. The van der Waals surface area contributed by atoms with E-state index in [0.29, 0.717) is 24.1 Å². The number of unbranched alkanes of at least 4 members (excludes halogenated alkanes) is 2. The highest BCUT2D eigenvalue weighted by Gasteiger charge is 2.24. The largest absolute Gasteiger partial charge is 0.506 e. The predicted octanol–water partition coefficient (Wildman–Crippen LogP) is 3.44. The number of aliphatic hydroxyl groups is 2. The zero-order valence-corrected chi connectivity index (χ0v) is 32.5.